The third kappa shape index (κ3) is 2.87. The summed E-state index contributed by atoms with van der Waals surface area (Å²) in [6, 6.07) is 3.98. The molecule has 2 rings (SSSR count). The molecule has 94 valence electrons. The summed E-state index contributed by atoms with van der Waals surface area (Å²) in [6.45, 7) is 3.97. The van der Waals surface area contributed by atoms with Gasteiger partial charge in [0.1, 0.15) is 0 Å². The van der Waals surface area contributed by atoms with Gasteiger partial charge in [-0.1, -0.05) is 6.92 Å². The highest BCUT2D eigenvalue weighted by Crippen LogP contribution is 2.24. The fourth-order valence-corrected chi connectivity index (χ4v) is 3.19. The van der Waals surface area contributed by atoms with Crippen molar-refractivity contribution < 1.29 is 9.90 Å². The second kappa shape index (κ2) is 5.65. The molecule has 0 aliphatic carbocycles. The van der Waals surface area contributed by atoms with E-state index in [-0.39, 0.29) is 12.5 Å². The summed E-state index contributed by atoms with van der Waals surface area (Å²) in [7, 11) is 0. The molecule has 3 nitrogen and oxygen atoms in total. The third-order valence-corrected chi connectivity index (χ3v) is 4.55. The molecule has 2 heterocycles. The van der Waals surface area contributed by atoms with E-state index in [0.717, 1.165) is 37.2 Å². The zero-order valence-corrected chi connectivity index (χ0v) is 11.0. The van der Waals surface area contributed by atoms with Gasteiger partial charge in [0.2, 0.25) is 0 Å². The van der Waals surface area contributed by atoms with Gasteiger partial charge in [0.05, 0.1) is 4.88 Å². The van der Waals surface area contributed by atoms with Crippen LogP contribution >= 0.6 is 11.3 Å². The molecule has 4 heteroatoms. The van der Waals surface area contributed by atoms with Gasteiger partial charge in [0.15, 0.2) is 0 Å². The second-order valence-electron chi connectivity index (χ2n) is 4.54. The van der Waals surface area contributed by atoms with E-state index in [0.29, 0.717) is 5.92 Å². The standard InChI is InChI=1S/C13H19NO2S/c1-2-11-3-4-12(17-11)13(16)14-7-5-10(9-14)6-8-15/h3-4,10,15H,2,5-9H2,1H3. The Balaban J connectivity index is 1.96. The molecule has 0 bridgehead atoms. The van der Waals surface area contributed by atoms with Gasteiger partial charge >= 0.3 is 0 Å². The zero-order valence-electron chi connectivity index (χ0n) is 10.2. The van der Waals surface area contributed by atoms with Crippen molar-refractivity contribution in [3.8, 4) is 0 Å². The Bertz CT molecular complexity index is 389. The monoisotopic (exact) mass is 253 g/mol. The van der Waals surface area contributed by atoms with Gasteiger partial charge in [-0.2, -0.15) is 0 Å². The van der Waals surface area contributed by atoms with Crippen LogP contribution in [0.5, 0.6) is 0 Å². The molecule has 1 amide bonds. The van der Waals surface area contributed by atoms with Crippen LogP contribution in [0.25, 0.3) is 0 Å². The van der Waals surface area contributed by atoms with E-state index in [4.69, 9.17) is 5.11 Å². The van der Waals surface area contributed by atoms with Crippen LogP contribution in [0, 0.1) is 5.92 Å². The fourth-order valence-electron chi connectivity index (χ4n) is 2.27. The normalized spacial score (nSPS) is 19.9. The largest absolute Gasteiger partial charge is 0.396 e. The number of thiophene rings is 1. The molecule has 1 aromatic rings. The molecule has 17 heavy (non-hydrogen) atoms. The number of rotatable bonds is 4. The summed E-state index contributed by atoms with van der Waals surface area (Å²) >= 11 is 1.60. The maximum absolute atomic E-state index is 12.2. The highest BCUT2D eigenvalue weighted by molar-refractivity contribution is 7.14. The molecule has 0 saturated carbocycles. The van der Waals surface area contributed by atoms with Crippen molar-refractivity contribution >= 4 is 17.2 Å². The lowest BCUT2D eigenvalue weighted by molar-refractivity contribution is 0.0789. The summed E-state index contributed by atoms with van der Waals surface area (Å²) in [5.41, 5.74) is 0. The van der Waals surface area contributed by atoms with Crippen LogP contribution in [0.4, 0.5) is 0 Å². The highest BCUT2D eigenvalue weighted by atomic mass is 32.1. The molecule has 1 atom stereocenters. The minimum absolute atomic E-state index is 0.162. The number of carbonyl (C=O) groups is 1. The van der Waals surface area contributed by atoms with Crippen molar-refractivity contribution in [2.75, 3.05) is 19.7 Å². The van der Waals surface area contributed by atoms with Crippen LogP contribution < -0.4 is 0 Å². The van der Waals surface area contributed by atoms with Crippen LogP contribution in [-0.4, -0.2) is 35.6 Å². The Hall–Kier alpha value is -0.870. The number of likely N-dealkylation sites (tertiary alicyclic amines) is 1. The van der Waals surface area contributed by atoms with E-state index in [2.05, 4.69) is 6.92 Å². The quantitative estimate of drug-likeness (QED) is 0.893. The topological polar surface area (TPSA) is 40.5 Å². The van der Waals surface area contributed by atoms with Gasteiger partial charge in [0, 0.05) is 24.6 Å². The Morgan fingerprint density at radius 3 is 3.06 bits per heavy atom. The van der Waals surface area contributed by atoms with Crippen molar-refractivity contribution in [2.24, 2.45) is 5.92 Å². The van der Waals surface area contributed by atoms with Crippen molar-refractivity contribution in [2.45, 2.75) is 26.2 Å². The first-order chi connectivity index (χ1) is 8.24. The minimum atomic E-state index is 0.162. The van der Waals surface area contributed by atoms with Gasteiger partial charge in [0.25, 0.3) is 5.91 Å². The second-order valence-corrected chi connectivity index (χ2v) is 5.71. The molecule has 0 aromatic carbocycles. The van der Waals surface area contributed by atoms with E-state index in [1.807, 2.05) is 17.0 Å². The van der Waals surface area contributed by atoms with Crippen LogP contribution in [0.1, 0.15) is 34.3 Å². The molecule has 1 fully saturated rings. The SMILES string of the molecule is CCc1ccc(C(=O)N2CCC(CCO)C2)s1. The molecule has 1 unspecified atom stereocenters. The van der Waals surface area contributed by atoms with Crippen molar-refractivity contribution in [3.05, 3.63) is 21.9 Å². The van der Waals surface area contributed by atoms with Gasteiger partial charge in [-0.15, -0.1) is 11.3 Å². The Labute approximate surface area is 106 Å². The van der Waals surface area contributed by atoms with Crippen molar-refractivity contribution in [1.29, 1.82) is 0 Å². The molecule has 1 N–H and O–H groups in total. The molecule has 1 aliphatic heterocycles. The first-order valence-electron chi connectivity index (χ1n) is 6.23. The first-order valence-corrected chi connectivity index (χ1v) is 7.05. The molecule has 1 aromatic heterocycles. The van der Waals surface area contributed by atoms with E-state index >= 15 is 0 Å². The molecule has 1 saturated heterocycles. The Morgan fingerprint density at radius 1 is 1.59 bits per heavy atom. The summed E-state index contributed by atoms with van der Waals surface area (Å²) < 4.78 is 0. The smallest absolute Gasteiger partial charge is 0.263 e. The lowest BCUT2D eigenvalue weighted by atomic mass is 10.1. The average Bonchev–Trinajstić information content (AvgIpc) is 2.97. The molecular weight excluding hydrogens is 234 g/mol. The Kier molecular flexibility index (Phi) is 4.18. The van der Waals surface area contributed by atoms with Crippen LogP contribution in [-0.2, 0) is 6.42 Å². The zero-order chi connectivity index (χ0) is 12.3. The number of nitrogens with zero attached hydrogens (tertiary/aromatic N) is 1. The maximum atomic E-state index is 12.2. The highest BCUT2D eigenvalue weighted by Gasteiger charge is 2.27. The summed E-state index contributed by atoms with van der Waals surface area (Å²) in [4.78, 5) is 16.2. The number of amides is 1. The minimum Gasteiger partial charge on any atom is -0.396 e. The van der Waals surface area contributed by atoms with Gasteiger partial charge < -0.3 is 10.0 Å². The third-order valence-electron chi connectivity index (χ3n) is 3.33. The molecule has 0 radical (unpaired) electrons. The van der Waals surface area contributed by atoms with E-state index < -0.39 is 0 Å². The fraction of sp³-hybridized carbons (Fsp3) is 0.615. The van der Waals surface area contributed by atoms with E-state index in [1.54, 1.807) is 11.3 Å². The average molecular weight is 253 g/mol. The maximum Gasteiger partial charge on any atom is 0.263 e. The molecular formula is C13H19NO2S. The van der Waals surface area contributed by atoms with Crippen LogP contribution in [0.3, 0.4) is 0 Å². The van der Waals surface area contributed by atoms with E-state index in [1.165, 1.54) is 4.88 Å². The number of hydrogen-bond acceptors (Lipinski definition) is 3. The van der Waals surface area contributed by atoms with Crippen LogP contribution in [0.2, 0.25) is 0 Å². The molecule has 1 aliphatic rings. The van der Waals surface area contributed by atoms with Crippen molar-refractivity contribution in [3.63, 3.8) is 0 Å². The van der Waals surface area contributed by atoms with Gasteiger partial charge in [-0.3, -0.25) is 4.79 Å². The summed E-state index contributed by atoms with van der Waals surface area (Å²) in [5, 5.41) is 8.90. The number of aliphatic hydroxyl groups is 1. The lowest BCUT2D eigenvalue weighted by Gasteiger charge is -2.15. The van der Waals surface area contributed by atoms with Gasteiger partial charge in [-0.05, 0) is 37.3 Å². The van der Waals surface area contributed by atoms with Crippen molar-refractivity contribution in [1.82, 2.24) is 4.90 Å². The predicted octanol–water partition coefficient (Wildman–Crippen LogP) is 2.16. The first kappa shape index (κ1) is 12.6. The lowest BCUT2D eigenvalue weighted by Crippen LogP contribution is -2.28. The van der Waals surface area contributed by atoms with Gasteiger partial charge in [-0.25, -0.2) is 0 Å². The summed E-state index contributed by atoms with van der Waals surface area (Å²) in [6.07, 6.45) is 2.83. The Morgan fingerprint density at radius 2 is 2.41 bits per heavy atom. The van der Waals surface area contributed by atoms with E-state index in [9.17, 15) is 4.79 Å². The number of carbonyl (C=O) groups excluding carboxylic acids is 1. The summed E-state index contributed by atoms with van der Waals surface area (Å²) in [5.74, 6) is 0.643. The van der Waals surface area contributed by atoms with Crippen LogP contribution in [0.15, 0.2) is 12.1 Å². The number of aliphatic hydroxyl groups excluding tert-OH is 1. The number of aryl methyl sites for hydroxylation is 1. The predicted molar refractivity (Wildman–Crippen MR) is 69.4 cm³/mol. The molecule has 0 spiro atoms. The number of hydrogen-bond donors (Lipinski definition) is 1.